The molecule has 3 atom stereocenters. The molecule has 0 aromatic heterocycles. The molecular weight excluding hydrogens is 408 g/mol. The van der Waals surface area contributed by atoms with Crippen molar-refractivity contribution >= 4 is 28.7 Å². The average Bonchev–Trinajstić information content (AvgIpc) is 3.15. The summed E-state index contributed by atoms with van der Waals surface area (Å²) in [5, 5.41) is 21.4. The van der Waals surface area contributed by atoms with E-state index in [0.717, 1.165) is 11.8 Å². The van der Waals surface area contributed by atoms with E-state index < -0.39 is 23.2 Å². The molecule has 1 fully saturated rings. The zero-order valence-electron chi connectivity index (χ0n) is 16.3. The van der Waals surface area contributed by atoms with Gasteiger partial charge in [-0.2, -0.15) is 0 Å². The van der Waals surface area contributed by atoms with Crippen LogP contribution in [0.3, 0.4) is 0 Å². The third-order valence-corrected chi connectivity index (χ3v) is 5.89. The van der Waals surface area contributed by atoms with Crippen molar-refractivity contribution in [1.29, 1.82) is 0 Å². The number of rotatable bonds is 6. The van der Waals surface area contributed by atoms with Crippen LogP contribution in [0.1, 0.15) is 30.6 Å². The van der Waals surface area contributed by atoms with Gasteiger partial charge in [0.2, 0.25) is 0 Å². The molecule has 0 radical (unpaired) electrons. The molecule has 1 saturated heterocycles. The number of nitrogens with zero attached hydrogens (tertiary/aromatic N) is 2. The molecule has 3 rings (SSSR count). The number of thioether (sulfide) groups is 1. The summed E-state index contributed by atoms with van der Waals surface area (Å²) in [5.74, 6) is 0. The van der Waals surface area contributed by atoms with Gasteiger partial charge in [-0.05, 0) is 29.7 Å². The highest BCUT2D eigenvalue weighted by Gasteiger charge is 2.41. The van der Waals surface area contributed by atoms with Crippen molar-refractivity contribution in [2.24, 2.45) is 0 Å². The van der Waals surface area contributed by atoms with Gasteiger partial charge in [-0.3, -0.25) is 14.9 Å². The monoisotopic (exact) mass is 430 g/mol. The maximum Gasteiger partial charge on any atom is 0.410 e. The van der Waals surface area contributed by atoms with Gasteiger partial charge in [-0.1, -0.05) is 42.1 Å². The highest BCUT2D eigenvalue weighted by atomic mass is 32.2. The Bertz CT molecular complexity index is 905. The number of nitro benzene ring substituents is 1. The predicted octanol–water partition coefficient (Wildman–Crippen LogP) is 3.69. The molecule has 2 aromatic rings. The number of nitro groups is 1. The topological polar surface area (TPSA) is 110 Å². The molecule has 30 heavy (non-hydrogen) atoms. The van der Waals surface area contributed by atoms with Crippen molar-refractivity contribution in [2.75, 3.05) is 6.54 Å². The summed E-state index contributed by atoms with van der Waals surface area (Å²) < 4.78 is 5.39. The van der Waals surface area contributed by atoms with Crippen LogP contribution in [0.2, 0.25) is 0 Å². The molecule has 1 unspecified atom stereocenters. The van der Waals surface area contributed by atoms with Crippen molar-refractivity contribution in [3.63, 3.8) is 0 Å². The van der Waals surface area contributed by atoms with Crippen LogP contribution in [-0.2, 0) is 16.1 Å². The third kappa shape index (κ3) is 5.37. The fourth-order valence-corrected chi connectivity index (χ4v) is 4.47. The predicted molar refractivity (Wildman–Crippen MR) is 112 cm³/mol. The van der Waals surface area contributed by atoms with Crippen LogP contribution < -0.4 is 0 Å². The number of benzene rings is 2. The van der Waals surface area contributed by atoms with Crippen LogP contribution in [-0.4, -0.2) is 44.0 Å². The summed E-state index contributed by atoms with van der Waals surface area (Å²) in [6.07, 6.45) is -1.04. The number of non-ortho nitro benzene ring substituents is 1. The molecule has 1 heterocycles. The summed E-state index contributed by atoms with van der Waals surface area (Å²) in [4.78, 5) is 36.0. The van der Waals surface area contributed by atoms with Crippen molar-refractivity contribution in [1.82, 2.24) is 4.90 Å². The Labute approximate surface area is 178 Å². The van der Waals surface area contributed by atoms with E-state index in [0.29, 0.717) is 17.5 Å². The van der Waals surface area contributed by atoms with Gasteiger partial charge in [0.1, 0.15) is 6.61 Å². The van der Waals surface area contributed by atoms with Crippen molar-refractivity contribution in [2.45, 2.75) is 37.3 Å². The first-order chi connectivity index (χ1) is 14.3. The van der Waals surface area contributed by atoms with Gasteiger partial charge in [0.05, 0.1) is 17.1 Å². The lowest BCUT2D eigenvalue weighted by Crippen LogP contribution is -2.39. The average molecular weight is 430 g/mol. The van der Waals surface area contributed by atoms with Gasteiger partial charge in [0.15, 0.2) is 5.12 Å². The smallest absolute Gasteiger partial charge is 0.410 e. The summed E-state index contributed by atoms with van der Waals surface area (Å²) in [6, 6.07) is 14.3. The fourth-order valence-electron chi connectivity index (χ4n) is 3.47. The lowest BCUT2D eigenvalue weighted by Gasteiger charge is -2.28. The van der Waals surface area contributed by atoms with E-state index >= 15 is 0 Å². The molecule has 0 spiro atoms. The Morgan fingerprint density at radius 3 is 2.50 bits per heavy atom. The van der Waals surface area contributed by atoms with Crippen LogP contribution in [0.15, 0.2) is 54.6 Å². The van der Waals surface area contributed by atoms with Crippen LogP contribution in [0.4, 0.5) is 10.5 Å². The zero-order valence-corrected chi connectivity index (χ0v) is 17.2. The minimum Gasteiger partial charge on any atom is -0.445 e. The number of amides is 1. The van der Waals surface area contributed by atoms with E-state index in [1.165, 1.54) is 36.1 Å². The molecule has 9 heteroatoms. The normalized spacial score (nSPS) is 19.3. The number of carbonyl (C=O) groups is 2. The van der Waals surface area contributed by atoms with E-state index in [4.69, 9.17) is 4.74 Å². The van der Waals surface area contributed by atoms with Gasteiger partial charge in [0.25, 0.3) is 5.69 Å². The number of aliphatic hydroxyl groups excluding tert-OH is 1. The summed E-state index contributed by atoms with van der Waals surface area (Å²) in [6.45, 7) is 1.72. The van der Waals surface area contributed by atoms with Gasteiger partial charge < -0.3 is 14.7 Å². The molecule has 0 aliphatic carbocycles. The number of hydrogen-bond donors (Lipinski definition) is 1. The Hall–Kier alpha value is -2.91. The first kappa shape index (κ1) is 21.8. The number of aliphatic hydroxyl groups is 1. The Kier molecular flexibility index (Phi) is 7.07. The first-order valence-corrected chi connectivity index (χ1v) is 10.3. The molecule has 1 N–H and O–H groups in total. The van der Waals surface area contributed by atoms with E-state index in [9.17, 15) is 24.8 Å². The highest BCUT2D eigenvalue weighted by Crippen LogP contribution is 2.35. The minimum absolute atomic E-state index is 0.0419. The second-order valence-corrected chi connectivity index (χ2v) is 8.50. The molecule has 2 aromatic carbocycles. The number of hydrogen-bond acceptors (Lipinski definition) is 7. The molecule has 1 amide bonds. The van der Waals surface area contributed by atoms with E-state index in [-0.39, 0.29) is 29.2 Å². The quantitative estimate of drug-likeness (QED) is 0.550. The van der Waals surface area contributed by atoms with Crippen LogP contribution in [0.25, 0.3) is 0 Å². The molecule has 0 saturated carbocycles. The Balaban J connectivity index is 1.70. The van der Waals surface area contributed by atoms with Crippen LogP contribution >= 0.6 is 11.8 Å². The second-order valence-electron chi connectivity index (χ2n) is 7.02. The molecule has 0 bridgehead atoms. The molecule has 8 nitrogen and oxygen atoms in total. The van der Waals surface area contributed by atoms with Gasteiger partial charge in [0, 0.05) is 30.9 Å². The number of likely N-dealkylation sites (tertiary alicyclic amines) is 1. The SMILES string of the molecule is CC(=O)S[C@H]1C[C@@H](C(O)c2ccccc2)N(C(=O)OCc2ccc([N+](=O)[O-])cc2)C1. The molecule has 1 aliphatic rings. The highest BCUT2D eigenvalue weighted by molar-refractivity contribution is 8.14. The van der Waals surface area contributed by atoms with E-state index in [2.05, 4.69) is 0 Å². The third-order valence-electron chi connectivity index (χ3n) is 4.89. The largest absolute Gasteiger partial charge is 0.445 e. The van der Waals surface area contributed by atoms with Crippen molar-refractivity contribution in [3.05, 3.63) is 75.8 Å². The maximum atomic E-state index is 12.8. The van der Waals surface area contributed by atoms with Crippen LogP contribution in [0, 0.1) is 10.1 Å². The van der Waals surface area contributed by atoms with Gasteiger partial charge >= 0.3 is 6.09 Å². The van der Waals surface area contributed by atoms with Gasteiger partial charge in [-0.15, -0.1) is 0 Å². The van der Waals surface area contributed by atoms with Gasteiger partial charge in [-0.25, -0.2) is 4.79 Å². The lowest BCUT2D eigenvalue weighted by molar-refractivity contribution is -0.384. The molecule has 1 aliphatic heterocycles. The summed E-state index contributed by atoms with van der Waals surface area (Å²) >= 11 is 1.16. The first-order valence-electron chi connectivity index (χ1n) is 9.42. The van der Waals surface area contributed by atoms with Crippen LogP contribution in [0.5, 0.6) is 0 Å². The fraction of sp³-hybridized carbons (Fsp3) is 0.333. The summed E-state index contributed by atoms with van der Waals surface area (Å²) in [7, 11) is 0. The van der Waals surface area contributed by atoms with Crippen molar-refractivity contribution < 1.29 is 24.4 Å². The minimum atomic E-state index is -0.907. The summed E-state index contributed by atoms with van der Waals surface area (Å²) in [5.41, 5.74) is 1.26. The van der Waals surface area contributed by atoms with E-state index in [1.54, 1.807) is 12.1 Å². The Morgan fingerprint density at radius 2 is 1.90 bits per heavy atom. The number of carbonyl (C=O) groups excluding carboxylic acids is 2. The lowest BCUT2D eigenvalue weighted by atomic mass is 10.0. The molecule has 158 valence electrons. The second kappa shape index (κ2) is 9.73. The Morgan fingerprint density at radius 1 is 1.23 bits per heavy atom. The maximum absolute atomic E-state index is 12.8. The standard InChI is InChI=1S/C21H22N2O6S/c1-14(24)30-18-11-19(20(25)16-5-3-2-4-6-16)22(12-18)21(26)29-13-15-7-9-17(10-8-15)23(27)28/h2-10,18-20,25H,11-13H2,1H3/t18-,19-,20?/m0/s1. The van der Waals surface area contributed by atoms with E-state index in [1.807, 2.05) is 18.2 Å². The van der Waals surface area contributed by atoms with Crippen molar-refractivity contribution in [3.8, 4) is 0 Å². The zero-order chi connectivity index (χ0) is 21.7. The number of ether oxygens (including phenoxy) is 1. The molecular formula is C21H22N2O6S.